The Bertz CT molecular complexity index is 1200. The predicted molar refractivity (Wildman–Crippen MR) is 117 cm³/mol. The zero-order chi connectivity index (χ0) is 21.1. The fraction of sp³-hybridized carbons (Fsp3) is 0.0417. The van der Waals surface area contributed by atoms with Crippen molar-refractivity contribution in [2.24, 2.45) is 0 Å². The minimum atomic E-state index is -1.78. The van der Waals surface area contributed by atoms with Gasteiger partial charge in [-0.05, 0) is 17.7 Å². The standard InChI is InChI=1S/C24H16Cl2N2O2/c25-22-19(12-7-14-27-22)24(30,17-10-5-2-6-11-17)18-13-15-28-23(26)20(18)21(29)16-8-3-1-4-9-16/h1-15,30H. The quantitative estimate of drug-likeness (QED) is 0.342. The summed E-state index contributed by atoms with van der Waals surface area (Å²) < 4.78 is 0. The minimum Gasteiger partial charge on any atom is -0.376 e. The van der Waals surface area contributed by atoms with Gasteiger partial charge in [-0.3, -0.25) is 4.79 Å². The van der Waals surface area contributed by atoms with Crippen molar-refractivity contribution in [1.82, 2.24) is 9.97 Å². The van der Waals surface area contributed by atoms with Gasteiger partial charge in [0.1, 0.15) is 15.9 Å². The van der Waals surface area contributed by atoms with Crippen LogP contribution >= 0.6 is 23.2 Å². The Morgan fingerprint density at radius 3 is 2.03 bits per heavy atom. The molecule has 0 radical (unpaired) electrons. The van der Waals surface area contributed by atoms with Crippen LogP contribution in [0.3, 0.4) is 0 Å². The zero-order valence-corrected chi connectivity index (χ0v) is 17.2. The molecule has 148 valence electrons. The first kappa shape index (κ1) is 20.2. The van der Waals surface area contributed by atoms with Gasteiger partial charge in [0.15, 0.2) is 5.78 Å². The molecular weight excluding hydrogens is 419 g/mol. The van der Waals surface area contributed by atoms with Crippen LogP contribution in [0.4, 0.5) is 0 Å². The van der Waals surface area contributed by atoms with E-state index in [4.69, 9.17) is 23.2 Å². The summed E-state index contributed by atoms with van der Waals surface area (Å²) in [5.41, 5.74) is -0.110. The fourth-order valence-corrected chi connectivity index (χ4v) is 3.98. The minimum absolute atomic E-state index is 0.00396. The highest BCUT2D eigenvalue weighted by Gasteiger charge is 2.40. The predicted octanol–water partition coefficient (Wildman–Crippen LogP) is 5.30. The number of aliphatic hydroxyl groups is 1. The van der Waals surface area contributed by atoms with Gasteiger partial charge in [0.25, 0.3) is 0 Å². The lowest BCUT2D eigenvalue weighted by atomic mass is 9.78. The molecule has 2 aromatic heterocycles. The Hall–Kier alpha value is -3.05. The Balaban J connectivity index is 2.04. The molecule has 0 aliphatic heterocycles. The number of aromatic nitrogens is 2. The lowest BCUT2D eigenvalue weighted by Gasteiger charge is -2.32. The van der Waals surface area contributed by atoms with E-state index in [1.165, 1.54) is 12.4 Å². The van der Waals surface area contributed by atoms with E-state index in [-0.39, 0.29) is 27.2 Å². The topological polar surface area (TPSA) is 63.1 Å². The van der Waals surface area contributed by atoms with Gasteiger partial charge in [-0.25, -0.2) is 9.97 Å². The van der Waals surface area contributed by atoms with Crippen LogP contribution in [0, 0.1) is 0 Å². The van der Waals surface area contributed by atoms with E-state index >= 15 is 0 Å². The van der Waals surface area contributed by atoms with Gasteiger partial charge in [0, 0.05) is 29.1 Å². The molecule has 2 aromatic carbocycles. The maximum Gasteiger partial charge on any atom is 0.196 e. The molecule has 1 unspecified atom stereocenters. The summed E-state index contributed by atoms with van der Waals surface area (Å²) in [5, 5.41) is 12.3. The Morgan fingerprint density at radius 1 is 0.733 bits per heavy atom. The molecule has 0 bridgehead atoms. The van der Waals surface area contributed by atoms with Crippen LogP contribution in [-0.4, -0.2) is 20.9 Å². The Kier molecular flexibility index (Phi) is 5.64. The number of hydrogen-bond donors (Lipinski definition) is 1. The molecule has 0 aliphatic carbocycles. The largest absolute Gasteiger partial charge is 0.376 e. The Morgan fingerprint density at radius 2 is 1.37 bits per heavy atom. The van der Waals surface area contributed by atoms with Crippen LogP contribution in [0.5, 0.6) is 0 Å². The second kappa shape index (κ2) is 8.36. The van der Waals surface area contributed by atoms with Gasteiger partial charge in [0.2, 0.25) is 0 Å². The summed E-state index contributed by atoms with van der Waals surface area (Å²) in [4.78, 5) is 21.6. The van der Waals surface area contributed by atoms with Gasteiger partial charge in [-0.2, -0.15) is 0 Å². The van der Waals surface area contributed by atoms with E-state index in [1.54, 1.807) is 66.7 Å². The summed E-state index contributed by atoms with van der Waals surface area (Å²) in [6.45, 7) is 0. The number of pyridine rings is 2. The molecule has 0 aliphatic rings. The molecular formula is C24H16Cl2N2O2. The second-order valence-corrected chi connectivity index (χ2v) is 7.35. The smallest absolute Gasteiger partial charge is 0.196 e. The number of benzene rings is 2. The number of nitrogens with zero attached hydrogens (tertiary/aromatic N) is 2. The summed E-state index contributed by atoms with van der Waals surface area (Å²) in [7, 11) is 0. The summed E-state index contributed by atoms with van der Waals surface area (Å²) in [6, 6.07) is 22.6. The van der Waals surface area contributed by atoms with Crippen molar-refractivity contribution in [3.8, 4) is 0 Å². The van der Waals surface area contributed by atoms with Gasteiger partial charge in [-0.1, -0.05) is 89.9 Å². The number of carbonyl (C=O) groups excluding carboxylic acids is 1. The number of halogens is 2. The molecule has 4 rings (SSSR count). The third-order valence-electron chi connectivity index (χ3n) is 4.90. The highest BCUT2D eigenvalue weighted by Crippen LogP contribution is 2.42. The molecule has 1 N–H and O–H groups in total. The molecule has 0 spiro atoms. The van der Waals surface area contributed by atoms with Crippen LogP contribution in [0.2, 0.25) is 10.3 Å². The van der Waals surface area contributed by atoms with Crippen molar-refractivity contribution in [1.29, 1.82) is 0 Å². The van der Waals surface area contributed by atoms with Crippen LogP contribution in [0.1, 0.15) is 32.6 Å². The molecule has 0 saturated carbocycles. The van der Waals surface area contributed by atoms with Crippen molar-refractivity contribution in [3.63, 3.8) is 0 Å². The first-order chi connectivity index (χ1) is 14.5. The summed E-state index contributed by atoms with van der Waals surface area (Å²) >= 11 is 12.8. The molecule has 4 aromatic rings. The van der Waals surface area contributed by atoms with E-state index in [2.05, 4.69) is 9.97 Å². The average Bonchev–Trinajstić information content (AvgIpc) is 2.79. The highest BCUT2D eigenvalue weighted by molar-refractivity contribution is 6.34. The van der Waals surface area contributed by atoms with Crippen molar-refractivity contribution >= 4 is 29.0 Å². The van der Waals surface area contributed by atoms with E-state index in [0.717, 1.165) is 0 Å². The van der Waals surface area contributed by atoms with E-state index < -0.39 is 5.60 Å². The molecule has 2 heterocycles. The maximum atomic E-state index is 13.4. The molecule has 0 amide bonds. The normalized spacial score (nSPS) is 12.9. The SMILES string of the molecule is O=C(c1ccccc1)c1c(C(O)(c2ccccc2)c2cccnc2Cl)ccnc1Cl. The molecule has 30 heavy (non-hydrogen) atoms. The van der Waals surface area contributed by atoms with E-state index in [1.807, 2.05) is 12.1 Å². The average molecular weight is 435 g/mol. The van der Waals surface area contributed by atoms with Gasteiger partial charge in [-0.15, -0.1) is 0 Å². The Labute approximate surface area is 183 Å². The first-order valence-electron chi connectivity index (χ1n) is 9.17. The summed E-state index contributed by atoms with van der Waals surface area (Å²) in [6.07, 6.45) is 2.99. The number of rotatable bonds is 5. The number of carbonyl (C=O) groups is 1. The molecule has 0 fully saturated rings. The molecule has 0 saturated heterocycles. The number of hydrogen-bond acceptors (Lipinski definition) is 4. The van der Waals surface area contributed by atoms with Crippen LogP contribution in [0.25, 0.3) is 0 Å². The second-order valence-electron chi connectivity index (χ2n) is 6.64. The third kappa shape index (κ3) is 3.50. The zero-order valence-electron chi connectivity index (χ0n) is 15.7. The van der Waals surface area contributed by atoms with E-state index in [9.17, 15) is 9.90 Å². The fourth-order valence-electron chi connectivity index (χ4n) is 3.48. The lowest BCUT2D eigenvalue weighted by molar-refractivity contribution is 0.101. The highest BCUT2D eigenvalue weighted by atomic mass is 35.5. The molecule has 6 heteroatoms. The maximum absolute atomic E-state index is 13.4. The monoisotopic (exact) mass is 434 g/mol. The van der Waals surface area contributed by atoms with Gasteiger partial charge in [0.05, 0.1) is 5.56 Å². The van der Waals surface area contributed by atoms with Gasteiger partial charge >= 0.3 is 0 Å². The van der Waals surface area contributed by atoms with Gasteiger partial charge < -0.3 is 5.11 Å². The van der Waals surface area contributed by atoms with Crippen molar-refractivity contribution in [2.75, 3.05) is 0 Å². The van der Waals surface area contributed by atoms with Crippen LogP contribution in [-0.2, 0) is 5.60 Å². The third-order valence-corrected chi connectivity index (χ3v) is 5.49. The van der Waals surface area contributed by atoms with Crippen molar-refractivity contribution in [3.05, 3.63) is 129 Å². The van der Waals surface area contributed by atoms with Crippen molar-refractivity contribution < 1.29 is 9.90 Å². The number of ketones is 1. The van der Waals surface area contributed by atoms with Crippen molar-refractivity contribution in [2.45, 2.75) is 5.60 Å². The first-order valence-corrected chi connectivity index (χ1v) is 9.92. The van der Waals surface area contributed by atoms with Crippen LogP contribution < -0.4 is 0 Å². The van der Waals surface area contributed by atoms with Crippen LogP contribution in [0.15, 0.2) is 91.3 Å². The molecule has 1 atom stereocenters. The van der Waals surface area contributed by atoms with E-state index in [0.29, 0.717) is 16.7 Å². The molecule has 4 nitrogen and oxygen atoms in total. The lowest BCUT2D eigenvalue weighted by Crippen LogP contribution is -2.32. The summed E-state index contributed by atoms with van der Waals surface area (Å²) in [5.74, 6) is -0.349.